The molecule has 3 nitrogen and oxygen atoms in total. The van der Waals surface area contributed by atoms with Gasteiger partial charge >= 0.3 is 0 Å². The molecule has 0 amide bonds. The average Bonchev–Trinajstić information content (AvgIpc) is 2.26. The zero-order chi connectivity index (χ0) is 11.2. The van der Waals surface area contributed by atoms with Crippen molar-refractivity contribution in [3.05, 3.63) is 42.2 Å². The molecule has 0 radical (unpaired) electrons. The Morgan fingerprint density at radius 1 is 1.25 bits per heavy atom. The van der Waals surface area contributed by atoms with E-state index in [0.29, 0.717) is 12.8 Å². The normalized spacial score (nSPS) is 29.0. The van der Waals surface area contributed by atoms with Gasteiger partial charge in [-0.25, -0.2) is 0 Å². The smallest absolute Gasteiger partial charge is 0.0946 e. The second-order valence-electron chi connectivity index (χ2n) is 4.61. The highest BCUT2D eigenvalue weighted by molar-refractivity contribution is 5.85. The molecule has 0 bridgehead atoms. The number of benzene rings is 1. The number of pyridine rings is 1. The van der Waals surface area contributed by atoms with Gasteiger partial charge in [0.15, 0.2) is 0 Å². The molecule has 0 spiro atoms. The zero-order valence-electron chi connectivity index (χ0n) is 8.93. The number of nitrogens with zero attached hydrogens (tertiary/aromatic N) is 1. The van der Waals surface area contributed by atoms with E-state index in [1.165, 1.54) is 0 Å². The molecule has 1 heterocycles. The summed E-state index contributed by atoms with van der Waals surface area (Å²) in [5, 5.41) is 12.6. The van der Waals surface area contributed by atoms with E-state index in [9.17, 15) is 5.11 Å². The monoisotopic (exact) mass is 214 g/mol. The second kappa shape index (κ2) is 3.27. The van der Waals surface area contributed by atoms with Crippen LogP contribution in [0.5, 0.6) is 0 Å². The van der Waals surface area contributed by atoms with Gasteiger partial charge in [-0.1, -0.05) is 24.3 Å². The summed E-state index contributed by atoms with van der Waals surface area (Å²) in [5.74, 6) is 0. The molecule has 0 saturated heterocycles. The van der Waals surface area contributed by atoms with Gasteiger partial charge in [0, 0.05) is 29.4 Å². The van der Waals surface area contributed by atoms with Gasteiger partial charge in [0.25, 0.3) is 0 Å². The van der Waals surface area contributed by atoms with E-state index in [0.717, 1.165) is 16.3 Å². The van der Waals surface area contributed by atoms with Gasteiger partial charge in [0.05, 0.1) is 5.60 Å². The number of aromatic nitrogens is 1. The molecule has 82 valence electrons. The number of hydrogen-bond donors (Lipinski definition) is 2. The molecule has 3 N–H and O–H groups in total. The summed E-state index contributed by atoms with van der Waals surface area (Å²) in [5.41, 5.74) is 5.89. The lowest BCUT2D eigenvalue weighted by Gasteiger charge is -2.42. The molecular formula is C13H14N2O. The fourth-order valence-electron chi connectivity index (χ4n) is 2.51. The maximum Gasteiger partial charge on any atom is 0.0946 e. The molecule has 0 atom stereocenters. The van der Waals surface area contributed by atoms with Gasteiger partial charge in [-0.15, -0.1) is 0 Å². The molecule has 1 aromatic heterocycles. The van der Waals surface area contributed by atoms with Crippen LogP contribution in [-0.4, -0.2) is 16.1 Å². The fraction of sp³-hybridized carbons (Fsp3) is 0.308. The van der Waals surface area contributed by atoms with Crippen LogP contribution in [0.25, 0.3) is 10.8 Å². The predicted octanol–water partition coefficient (Wildman–Crippen LogP) is 1.54. The van der Waals surface area contributed by atoms with Crippen LogP contribution in [0.1, 0.15) is 18.4 Å². The first-order valence-electron chi connectivity index (χ1n) is 5.50. The number of fused-ring (bicyclic) bond motifs is 1. The van der Waals surface area contributed by atoms with Gasteiger partial charge in [-0.3, -0.25) is 4.98 Å². The minimum Gasteiger partial charge on any atom is -0.385 e. The van der Waals surface area contributed by atoms with E-state index in [2.05, 4.69) is 4.98 Å². The summed E-state index contributed by atoms with van der Waals surface area (Å²) in [6, 6.07) is 8.10. The van der Waals surface area contributed by atoms with Crippen LogP contribution in [0, 0.1) is 0 Å². The first kappa shape index (κ1) is 9.75. The predicted molar refractivity (Wildman–Crippen MR) is 62.8 cm³/mol. The Balaban J connectivity index is 2.17. The van der Waals surface area contributed by atoms with E-state index >= 15 is 0 Å². The fourth-order valence-corrected chi connectivity index (χ4v) is 2.51. The van der Waals surface area contributed by atoms with Crippen LogP contribution in [-0.2, 0) is 5.60 Å². The van der Waals surface area contributed by atoms with Crippen molar-refractivity contribution in [1.29, 1.82) is 0 Å². The number of rotatable bonds is 1. The van der Waals surface area contributed by atoms with E-state index < -0.39 is 5.60 Å². The maximum atomic E-state index is 10.4. The number of nitrogens with two attached hydrogens (primary N) is 1. The minimum atomic E-state index is -0.771. The Hall–Kier alpha value is -1.45. The van der Waals surface area contributed by atoms with Crippen molar-refractivity contribution in [2.24, 2.45) is 5.73 Å². The molecule has 2 aromatic rings. The van der Waals surface area contributed by atoms with Crippen LogP contribution in [0.3, 0.4) is 0 Å². The zero-order valence-corrected chi connectivity index (χ0v) is 8.93. The molecule has 16 heavy (non-hydrogen) atoms. The highest BCUT2D eigenvalue weighted by Gasteiger charge is 2.43. The quantitative estimate of drug-likeness (QED) is 0.757. The summed E-state index contributed by atoms with van der Waals surface area (Å²) in [6.07, 6.45) is 4.83. The third-order valence-electron chi connectivity index (χ3n) is 3.37. The molecule has 1 fully saturated rings. The molecule has 3 heteroatoms. The molecule has 0 unspecified atom stereocenters. The van der Waals surface area contributed by atoms with Gasteiger partial charge in [0.2, 0.25) is 0 Å². The Kier molecular flexibility index (Phi) is 1.99. The summed E-state index contributed by atoms with van der Waals surface area (Å²) in [4.78, 5) is 4.19. The van der Waals surface area contributed by atoms with Crippen molar-refractivity contribution < 1.29 is 5.11 Å². The standard InChI is InChI=1S/C13H14N2O/c14-10-5-13(16,6-10)12-8-15-7-9-3-1-2-4-11(9)12/h1-4,7-8,10,16H,5-6,14H2. The molecule has 1 saturated carbocycles. The van der Waals surface area contributed by atoms with Crippen molar-refractivity contribution in [2.45, 2.75) is 24.5 Å². The third-order valence-corrected chi connectivity index (χ3v) is 3.37. The molecule has 1 aliphatic carbocycles. The lowest BCUT2D eigenvalue weighted by molar-refractivity contribution is -0.0512. The first-order valence-corrected chi connectivity index (χ1v) is 5.50. The lowest BCUT2D eigenvalue weighted by Crippen LogP contribution is -2.49. The van der Waals surface area contributed by atoms with E-state index in [1.807, 2.05) is 30.5 Å². The summed E-state index contributed by atoms with van der Waals surface area (Å²) < 4.78 is 0. The van der Waals surface area contributed by atoms with Gasteiger partial charge in [0.1, 0.15) is 0 Å². The SMILES string of the molecule is NC1CC(O)(c2cncc3ccccc23)C1. The lowest BCUT2D eigenvalue weighted by atomic mass is 9.71. The number of hydrogen-bond acceptors (Lipinski definition) is 3. The highest BCUT2D eigenvalue weighted by Crippen LogP contribution is 2.42. The van der Waals surface area contributed by atoms with Gasteiger partial charge < -0.3 is 10.8 Å². The van der Waals surface area contributed by atoms with Crippen molar-refractivity contribution in [3.63, 3.8) is 0 Å². The molecule has 1 aromatic carbocycles. The van der Waals surface area contributed by atoms with Gasteiger partial charge in [-0.05, 0) is 18.2 Å². The molecular weight excluding hydrogens is 200 g/mol. The summed E-state index contributed by atoms with van der Waals surface area (Å²) in [7, 11) is 0. The molecule has 0 aliphatic heterocycles. The van der Waals surface area contributed by atoms with Crippen molar-refractivity contribution in [2.75, 3.05) is 0 Å². The number of aliphatic hydroxyl groups is 1. The average molecular weight is 214 g/mol. The van der Waals surface area contributed by atoms with Crippen molar-refractivity contribution in [1.82, 2.24) is 4.98 Å². The van der Waals surface area contributed by atoms with Gasteiger partial charge in [-0.2, -0.15) is 0 Å². The maximum absolute atomic E-state index is 10.4. The largest absolute Gasteiger partial charge is 0.385 e. The van der Waals surface area contributed by atoms with Crippen LogP contribution in [0.2, 0.25) is 0 Å². The van der Waals surface area contributed by atoms with Crippen LogP contribution in [0.15, 0.2) is 36.7 Å². The van der Waals surface area contributed by atoms with Crippen molar-refractivity contribution in [3.8, 4) is 0 Å². The Bertz CT molecular complexity index is 527. The second-order valence-corrected chi connectivity index (χ2v) is 4.61. The Labute approximate surface area is 93.9 Å². The topological polar surface area (TPSA) is 59.1 Å². The van der Waals surface area contributed by atoms with E-state index in [-0.39, 0.29) is 6.04 Å². The summed E-state index contributed by atoms with van der Waals surface area (Å²) >= 11 is 0. The van der Waals surface area contributed by atoms with Crippen molar-refractivity contribution >= 4 is 10.8 Å². The molecule has 3 rings (SSSR count). The Morgan fingerprint density at radius 2 is 2.00 bits per heavy atom. The van der Waals surface area contributed by atoms with Crippen LogP contribution in [0.4, 0.5) is 0 Å². The van der Waals surface area contributed by atoms with Crippen LogP contribution >= 0.6 is 0 Å². The van der Waals surface area contributed by atoms with E-state index in [1.54, 1.807) is 6.20 Å². The minimum absolute atomic E-state index is 0.115. The van der Waals surface area contributed by atoms with Crippen LogP contribution < -0.4 is 5.73 Å². The first-order chi connectivity index (χ1) is 7.69. The Morgan fingerprint density at radius 3 is 2.75 bits per heavy atom. The molecule has 1 aliphatic rings. The highest BCUT2D eigenvalue weighted by atomic mass is 16.3. The summed E-state index contributed by atoms with van der Waals surface area (Å²) in [6.45, 7) is 0. The third kappa shape index (κ3) is 1.32. The van der Waals surface area contributed by atoms with E-state index in [4.69, 9.17) is 5.73 Å².